The van der Waals surface area contributed by atoms with Crippen molar-refractivity contribution < 1.29 is 0 Å². The molecule has 0 N–H and O–H groups in total. The Morgan fingerprint density at radius 3 is 2.30 bits per heavy atom. The summed E-state index contributed by atoms with van der Waals surface area (Å²) in [4.78, 5) is 1.41. The van der Waals surface area contributed by atoms with E-state index >= 15 is 0 Å². The molecule has 10 heavy (non-hydrogen) atoms. The first-order valence-corrected chi connectivity index (χ1v) is 4.28. The molecule has 0 unspecified atom stereocenters. The summed E-state index contributed by atoms with van der Waals surface area (Å²) in [6.45, 7) is 6.31. The lowest BCUT2D eigenvalue weighted by Crippen LogP contribution is -2.13. The molecule has 0 nitrogen and oxygen atoms in total. The highest BCUT2D eigenvalue weighted by molar-refractivity contribution is 7.22. The van der Waals surface area contributed by atoms with E-state index in [0.29, 0.717) is 0 Å². The van der Waals surface area contributed by atoms with Crippen LogP contribution in [0.3, 0.4) is 0 Å². The Morgan fingerprint density at radius 1 is 1.30 bits per heavy atom. The van der Waals surface area contributed by atoms with Crippen molar-refractivity contribution in [3.05, 3.63) is 10.9 Å². The SMILES string of the molecule is C[B]c1cc([B]C)c(C)s1. The second-order valence-electron chi connectivity index (χ2n) is 2.24. The summed E-state index contributed by atoms with van der Waals surface area (Å²) in [5.74, 6) is 0. The van der Waals surface area contributed by atoms with Gasteiger partial charge in [0.05, 0.1) is 0 Å². The molecule has 1 aromatic heterocycles. The molecule has 0 aliphatic rings. The maximum Gasteiger partial charge on any atom is 0.162 e. The molecule has 0 aromatic carbocycles. The van der Waals surface area contributed by atoms with Crippen LogP contribution in [0, 0.1) is 6.92 Å². The van der Waals surface area contributed by atoms with Crippen LogP contribution in [-0.4, -0.2) is 14.6 Å². The molecule has 50 valence electrons. The van der Waals surface area contributed by atoms with Crippen LogP contribution in [0.25, 0.3) is 0 Å². The summed E-state index contributed by atoms with van der Waals surface area (Å²) < 4.78 is 1.37. The van der Waals surface area contributed by atoms with Crippen LogP contribution in [0.1, 0.15) is 4.88 Å². The Morgan fingerprint density at radius 2 is 2.00 bits per heavy atom. The van der Waals surface area contributed by atoms with E-state index in [2.05, 4.69) is 41.2 Å². The zero-order valence-corrected chi connectivity index (χ0v) is 7.46. The van der Waals surface area contributed by atoms with Crippen LogP contribution in [0.5, 0.6) is 0 Å². The minimum atomic E-state index is 1.37. The minimum absolute atomic E-state index is 1.37. The molecular weight excluding hydrogens is 138 g/mol. The van der Waals surface area contributed by atoms with Crippen LogP contribution in [0.2, 0.25) is 13.6 Å². The highest BCUT2D eigenvalue weighted by Crippen LogP contribution is 2.00. The van der Waals surface area contributed by atoms with Crippen molar-refractivity contribution in [3.63, 3.8) is 0 Å². The van der Waals surface area contributed by atoms with E-state index < -0.39 is 0 Å². The minimum Gasteiger partial charge on any atom is -0.157 e. The van der Waals surface area contributed by atoms with Gasteiger partial charge < -0.3 is 0 Å². The zero-order valence-electron chi connectivity index (χ0n) is 6.64. The molecule has 0 fully saturated rings. The molecule has 0 atom stereocenters. The predicted octanol–water partition coefficient (Wildman–Crippen LogP) is 0.812. The summed E-state index contributed by atoms with van der Waals surface area (Å²) in [5, 5.41) is 0. The largest absolute Gasteiger partial charge is 0.162 e. The number of hydrogen-bond acceptors (Lipinski definition) is 1. The molecule has 3 heteroatoms. The normalized spacial score (nSPS) is 9.50. The van der Waals surface area contributed by atoms with Crippen LogP contribution in [-0.2, 0) is 0 Å². The standard InChI is InChI=1S/C7H10B2S/c1-5-6(8-2)4-7(9-3)10-5/h4H,1-3H3. The first-order valence-electron chi connectivity index (χ1n) is 3.47. The van der Waals surface area contributed by atoms with Gasteiger partial charge in [-0.2, -0.15) is 11.3 Å². The summed E-state index contributed by atoms with van der Waals surface area (Å²) in [6, 6.07) is 2.22. The van der Waals surface area contributed by atoms with Gasteiger partial charge in [-0.25, -0.2) is 0 Å². The van der Waals surface area contributed by atoms with E-state index in [1.807, 2.05) is 11.3 Å². The Labute approximate surface area is 68.1 Å². The lowest BCUT2D eigenvalue weighted by atomic mass is 9.71. The fourth-order valence-corrected chi connectivity index (χ4v) is 1.90. The topological polar surface area (TPSA) is 0 Å². The van der Waals surface area contributed by atoms with Crippen LogP contribution in [0.4, 0.5) is 0 Å². The molecule has 0 aliphatic carbocycles. The maximum absolute atomic E-state index is 2.22. The molecule has 1 rings (SSSR count). The first kappa shape index (κ1) is 7.93. The molecule has 0 aliphatic heterocycles. The highest BCUT2D eigenvalue weighted by Gasteiger charge is 2.01. The van der Waals surface area contributed by atoms with Crippen molar-refractivity contribution in [3.8, 4) is 0 Å². The maximum atomic E-state index is 2.22. The predicted molar refractivity (Wildman–Crippen MR) is 51.6 cm³/mol. The van der Waals surface area contributed by atoms with Crippen molar-refractivity contribution >= 4 is 36.1 Å². The third-order valence-electron chi connectivity index (χ3n) is 1.57. The zero-order chi connectivity index (χ0) is 7.56. The highest BCUT2D eigenvalue weighted by atomic mass is 32.1. The fourth-order valence-electron chi connectivity index (χ4n) is 0.949. The van der Waals surface area contributed by atoms with Crippen LogP contribution < -0.4 is 10.2 Å². The molecule has 0 saturated carbocycles. The number of aryl methyl sites for hydroxylation is 1. The Kier molecular flexibility index (Phi) is 2.61. The van der Waals surface area contributed by atoms with Gasteiger partial charge in [-0.15, -0.1) is 0 Å². The summed E-state index contributed by atoms with van der Waals surface area (Å²) in [7, 11) is 4.30. The van der Waals surface area contributed by atoms with Gasteiger partial charge in [0, 0.05) is 0 Å². The van der Waals surface area contributed by atoms with E-state index in [1.165, 1.54) is 15.1 Å². The average molecular weight is 148 g/mol. The molecule has 1 aromatic rings. The third-order valence-corrected chi connectivity index (χ3v) is 2.70. The molecule has 0 saturated heterocycles. The lowest BCUT2D eigenvalue weighted by molar-refractivity contribution is 1.68. The average Bonchev–Trinajstić information content (AvgIpc) is 2.30. The van der Waals surface area contributed by atoms with Gasteiger partial charge in [0.2, 0.25) is 0 Å². The van der Waals surface area contributed by atoms with Crippen molar-refractivity contribution in [1.29, 1.82) is 0 Å². The second kappa shape index (κ2) is 3.29. The number of hydrogen-bond donors (Lipinski definition) is 0. The smallest absolute Gasteiger partial charge is 0.157 e. The van der Waals surface area contributed by atoms with E-state index in [4.69, 9.17) is 0 Å². The summed E-state index contributed by atoms with van der Waals surface area (Å²) in [5.41, 5.74) is 1.37. The lowest BCUT2D eigenvalue weighted by Gasteiger charge is -1.86. The van der Waals surface area contributed by atoms with Crippen LogP contribution in [0.15, 0.2) is 6.07 Å². The Bertz CT molecular complexity index is 217. The molecule has 0 spiro atoms. The summed E-state index contributed by atoms with van der Waals surface area (Å²) >= 11 is 1.85. The van der Waals surface area contributed by atoms with Gasteiger partial charge in [-0.05, 0) is 16.6 Å². The third kappa shape index (κ3) is 1.46. The van der Waals surface area contributed by atoms with Crippen molar-refractivity contribution in [2.45, 2.75) is 20.6 Å². The fraction of sp³-hybridized carbons (Fsp3) is 0.429. The van der Waals surface area contributed by atoms with Crippen molar-refractivity contribution in [2.75, 3.05) is 0 Å². The van der Waals surface area contributed by atoms with E-state index in [1.54, 1.807) is 0 Å². The molecule has 2 radical (unpaired) electrons. The van der Waals surface area contributed by atoms with Gasteiger partial charge >= 0.3 is 0 Å². The van der Waals surface area contributed by atoms with Crippen LogP contribution >= 0.6 is 11.3 Å². The van der Waals surface area contributed by atoms with Crippen molar-refractivity contribution in [1.82, 2.24) is 0 Å². The van der Waals surface area contributed by atoms with Gasteiger partial charge in [0.1, 0.15) is 7.28 Å². The summed E-state index contributed by atoms with van der Waals surface area (Å²) in [6.07, 6.45) is 0. The van der Waals surface area contributed by atoms with Crippen molar-refractivity contribution in [2.24, 2.45) is 0 Å². The first-order chi connectivity index (χ1) is 4.77. The monoisotopic (exact) mass is 148 g/mol. The second-order valence-corrected chi connectivity index (χ2v) is 3.53. The van der Waals surface area contributed by atoms with E-state index in [9.17, 15) is 0 Å². The quantitative estimate of drug-likeness (QED) is 0.544. The number of rotatable bonds is 2. The van der Waals surface area contributed by atoms with Gasteiger partial charge in [0.25, 0.3) is 0 Å². The van der Waals surface area contributed by atoms with Gasteiger partial charge in [-0.1, -0.05) is 25.2 Å². The van der Waals surface area contributed by atoms with Gasteiger partial charge in [-0.3, -0.25) is 0 Å². The van der Waals surface area contributed by atoms with Gasteiger partial charge in [0.15, 0.2) is 7.28 Å². The Hall–Kier alpha value is -0.170. The molecule has 0 amide bonds. The van der Waals surface area contributed by atoms with E-state index in [0.717, 1.165) is 0 Å². The number of thiophene rings is 1. The molecule has 0 bridgehead atoms. The Balaban J connectivity index is 2.92. The molecule has 1 heterocycles. The van der Waals surface area contributed by atoms with E-state index in [-0.39, 0.29) is 0 Å². The molecular formula is C7H10B2S.